The quantitative estimate of drug-likeness (QED) is 0.781. The third-order valence-electron chi connectivity index (χ3n) is 4.49. The fourth-order valence-electron chi connectivity index (χ4n) is 3.07. The Labute approximate surface area is 159 Å². The fourth-order valence-corrected chi connectivity index (χ4v) is 4.18. The average molecular weight is 394 g/mol. The summed E-state index contributed by atoms with van der Waals surface area (Å²) in [6.45, 7) is 6.78. The number of rotatable bonds is 4. The van der Waals surface area contributed by atoms with Crippen LogP contribution in [0.1, 0.15) is 28.0 Å². The molecular formula is C17H22N4O5S. The largest absolute Gasteiger partial charge is 0.465 e. The van der Waals surface area contributed by atoms with Gasteiger partial charge in [-0.25, -0.2) is 14.6 Å². The van der Waals surface area contributed by atoms with Gasteiger partial charge in [-0.05, 0) is 19.4 Å². The lowest BCUT2D eigenvalue weighted by Gasteiger charge is -2.33. The highest BCUT2D eigenvalue weighted by molar-refractivity contribution is 7.20. The van der Waals surface area contributed by atoms with Crippen LogP contribution in [0.4, 0.5) is 4.79 Å². The molecule has 3 heterocycles. The van der Waals surface area contributed by atoms with Gasteiger partial charge in [-0.2, -0.15) is 0 Å². The number of aromatic nitrogens is 2. The highest BCUT2D eigenvalue weighted by Gasteiger charge is 2.23. The van der Waals surface area contributed by atoms with Crippen LogP contribution in [0.3, 0.4) is 0 Å². The SMILES string of the molecule is CCOC(=O)N1CCN(Cc2nc3sc(C(=O)OC)c(C)c3c(=O)[nH]2)CC1. The van der Waals surface area contributed by atoms with E-state index < -0.39 is 5.97 Å². The number of nitrogens with zero attached hydrogens (tertiary/aromatic N) is 3. The molecule has 0 aromatic carbocycles. The summed E-state index contributed by atoms with van der Waals surface area (Å²) < 4.78 is 9.78. The molecular weight excluding hydrogens is 372 g/mol. The minimum Gasteiger partial charge on any atom is -0.465 e. The first kappa shape index (κ1) is 19.3. The van der Waals surface area contributed by atoms with E-state index in [4.69, 9.17) is 9.47 Å². The smallest absolute Gasteiger partial charge is 0.409 e. The maximum Gasteiger partial charge on any atom is 0.409 e. The van der Waals surface area contributed by atoms with Crippen molar-refractivity contribution >= 4 is 33.6 Å². The summed E-state index contributed by atoms with van der Waals surface area (Å²) in [7, 11) is 1.31. The normalized spacial score (nSPS) is 15.1. The van der Waals surface area contributed by atoms with E-state index in [0.29, 0.717) is 65.8 Å². The monoisotopic (exact) mass is 394 g/mol. The van der Waals surface area contributed by atoms with Crippen molar-refractivity contribution < 1.29 is 19.1 Å². The lowest BCUT2D eigenvalue weighted by Crippen LogP contribution is -2.48. The number of nitrogens with one attached hydrogen (secondary N) is 1. The van der Waals surface area contributed by atoms with E-state index in [2.05, 4.69) is 14.9 Å². The van der Waals surface area contributed by atoms with Crippen LogP contribution in [-0.2, 0) is 16.0 Å². The summed E-state index contributed by atoms with van der Waals surface area (Å²) in [6.07, 6.45) is -0.297. The fraction of sp³-hybridized carbons (Fsp3) is 0.529. The van der Waals surface area contributed by atoms with Gasteiger partial charge in [0.2, 0.25) is 0 Å². The van der Waals surface area contributed by atoms with Crippen molar-refractivity contribution in [2.24, 2.45) is 0 Å². The molecule has 0 spiro atoms. The molecule has 1 amide bonds. The lowest BCUT2D eigenvalue weighted by molar-refractivity contribution is 0.0605. The van der Waals surface area contributed by atoms with Crippen LogP contribution in [0.15, 0.2) is 4.79 Å². The van der Waals surface area contributed by atoms with Gasteiger partial charge < -0.3 is 19.4 Å². The van der Waals surface area contributed by atoms with Crippen LogP contribution in [0.5, 0.6) is 0 Å². The maximum absolute atomic E-state index is 12.5. The predicted octanol–water partition coefficient (Wildman–Crippen LogP) is 1.35. The summed E-state index contributed by atoms with van der Waals surface area (Å²) in [5.74, 6) is 0.0706. The van der Waals surface area contributed by atoms with Gasteiger partial charge in [0.25, 0.3) is 5.56 Å². The minimum atomic E-state index is -0.466. The summed E-state index contributed by atoms with van der Waals surface area (Å²) >= 11 is 1.16. The van der Waals surface area contributed by atoms with Gasteiger partial charge >= 0.3 is 12.1 Å². The second-order valence-electron chi connectivity index (χ2n) is 6.20. The second kappa shape index (κ2) is 8.05. The predicted molar refractivity (Wildman–Crippen MR) is 100 cm³/mol. The van der Waals surface area contributed by atoms with E-state index in [1.807, 2.05) is 0 Å². The molecule has 0 unspecified atom stereocenters. The first-order valence-corrected chi connectivity index (χ1v) is 9.50. The number of hydrogen-bond acceptors (Lipinski definition) is 8. The second-order valence-corrected chi connectivity index (χ2v) is 7.20. The van der Waals surface area contributed by atoms with Crippen LogP contribution in [0.25, 0.3) is 10.2 Å². The Hall–Kier alpha value is -2.46. The molecule has 1 aliphatic heterocycles. The molecule has 0 bridgehead atoms. The van der Waals surface area contributed by atoms with Gasteiger partial charge in [0, 0.05) is 26.2 Å². The van der Waals surface area contributed by atoms with Crippen LogP contribution < -0.4 is 5.56 Å². The lowest BCUT2D eigenvalue weighted by atomic mass is 10.2. The number of carbonyl (C=O) groups excluding carboxylic acids is 2. The Kier molecular flexibility index (Phi) is 5.76. The third-order valence-corrected chi connectivity index (χ3v) is 5.66. The summed E-state index contributed by atoms with van der Waals surface area (Å²) in [5.41, 5.74) is 0.328. The zero-order valence-corrected chi connectivity index (χ0v) is 16.4. The van der Waals surface area contributed by atoms with Crippen molar-refractivity contribution in [1.82, 2.24) is 19.8 Å². The molecule has 0 radical (unpaired) electrons. The first-order chi connectivity index (χ1) is 12.9. The number of carbonyl (C=O) groups is 2. The number of H-pyrrole nitrogens is 1. The molecule has 9 nitrogen and oxygen atoms in total. The van der Waals surface area contributed by atoms with Crippen molar-refractivity contribution in [2.45, 2.75) is 20.4 Å². The Morgan fingerprint density at radius 3 is 2.59 bits per heavy atom. The van der Waals surface area contributed by atoms with Crippen LogP contribution in [0.2, 0.25) is 0 Å². The molecule has 0 aliphatic carbocycles. The van der Waals surface area contributed by atoms with E-state index in [1.165, 1.54) is 7.11 Å². The first-order valence-electron chi connectivity index (χ1n) is 8.69. The maximum atomic E-state index is 12.5. The van der Waals surface area contributed by atoms with Gasteiger partial charge in [0.05, 0.1) is 25.6 Å². The minimum absolute atomic E-state index is 0.260. The number of thiophene rings is 1. The number of hydrogen-bond donors (Lipinski definition) is 1. The summed E-state index contributed by atoms with van der Waals surface area (Å²) in [5, 5.41) is 0.427. The molecule has 10 heteroatoms. The van der Waals surface area contributed by atoms with Crippen LogP contribution in [-0.4, -0.2) is 71.7 Å². The van der Waals surface area contributed by atoms with Gasteiger partial charge in [-0.15, -0.1) is 11.3 Å². The Balaban J connectivity index is 1.74. The van der Waals surface area contributed by atoms with Crippen LogP contribution >= 0.6 is 11.3 Å². The Morgan fingerprint density at radius 2 is 1.96 bits per heavy atom. The van der Waals surface area contributed by atoms with Crippen molar-refractivity contribution in [3.05, 3.63) is 26.6 Å². The van der Waals surface area contributed by atoms with Crippen molar-refractivity contribution in [1.29, 1.82) is 0 Å². The molecule has 2 aromatic heterocycles. The summed E-state index contributed by atoms with van der Waals surface area (Å²) in [6, 6.07) is 0. The van der Waals surface area contributed by atoms with Crippen molar-refractivity contribution in [2.75, 3.05) is 39.9 Å². The van der Waals surface area contributed by atoms with E-state index in [-0.39, 0.29) is 11.7 Å². The Morgan fingerprint density at radius 1 is 1.26 bits per heavy atom. The molecule has 1 fully saturated rings. The number of esters is 1. The highest BCUT2D eigenvalue weighted by Crippen LogP contribution is 2.27. The highest BCUT2D eigenvalue weighted by atomic mass is 32.1. The number of fused-ring (bicyclic) bond motifs is 1. The Bertz CT molecular complexity index is 914. The van der Waals surface area contributed by atoms with Gasteiger partial charge in [-0.3, -0.25) is 9.69 Å². The number of amides is 1. The van der Waals surface area contributed by atoms with Gasteiger partial charge in [0.15, 0.2) is 0 Å². The van der Waals surface area contributed by atoms with Crippen molar-refractivity contribution in [3.63, 3.8) is 0 Å². The third kappa shape index (κ3) is 3.96. The molecule has 2 aromatic rings. The standard InChI is InChI=1S/C17H22N4O5S/c1-4-26-17(24)21-7-5-20(6-8-21)9-11-18-14(22)12-10(2)13(16(23)25-3)27-15(12)19-11/h4-9H2,1-3H3,(H,18,19,22). The molecule has 1 N–H and O–H groups in total. The number of piperazine rings is 1. The van der Waals surface area contributed by atoms with E-state index in [1.54, 1.807) is 18.7 Å². The number of aromatic amines is 1. The molecule has 1 aliphatic rings. The van der Waals surface area contributed by atoms with E-state index >= 15 is 0 Å². The molecule has 0 saturated carbocycles. The zero-order chi connectivity index (χ0) is 19.6. The molecule has 146 valence electrons. The number of ether oxygens (including phenoxy) is 2. The molecule has 3 rings (SSSR count). The number of aryl methyl sites for hydroxylation is 1. The molecule has 0 atom stereocenters. The van der Waals surface area contributed by atoms with E-state index in [9.17, 15) is 14.4 Å². The zero-order valence-electron chi connectivity index (χ0n) is 15.5. The topological polar surface area (TPSA) is 105 Å². The molecule has 27 heavy (non-hydrogen) atoms. The molecule has 1 saturated heterocycles. The average Bonchev–Trinajstić information content (AvgIpc) is 2.99. The van der Waals surface area contributed by atoms with Crippen molar-refractivity contribution in [3.8, 4) is 0 Å². The van der Waals surface area contributed by atoms with Gasteiger partial charge in [-0.1, -0.05) is 0 Å². The van der Waals surface area contributed by atoms with E-state index in [0.717, 1.165) is 11.3 Å². The van der Waals surface area contributed by atoms with Gasteiger partial charge in [0.1, 0.15) is 15.5 Å². The summed E-state index contributed by atoms with van der Waals surface area (Å²) in [4.78, 5) is 48.1. The van der Waals surface area contributed by atoms with Crippen LogP contribution in [0, 0.1) is 6.92 Å². The number of methoxy groups -OCH3 is 1.